The predicted molar refractivity (Wildman–Crippen MR) is 116 cm³/mol. The van der Waals surface area contributed by atoms with E-state index in [1.807, 2.05) is 4.90 Å². The second-order valence-corrected chi connectivity index (χ2v) is 8.97. The molecule has 0 bridgehead atoms. The van der Waals surface area contributed by atoms with Crippen molar-refractivity contribution in [3.05, 3.63) is 28.2 Å². The van der Waals surface area contributed by atoms with Crippen LogP contribution in [0.3, 0.4) is 0 Å². The average molecular weight is 441 g/mol. The molecule has 0 atom stereocenters. The van der Waals surface area contributed by atoms with Gasteiger partial charge in [0.05, 0.1) is 5.02 Å². The Bertz CT molecular complexity index is 699. The highest BCUT2D eigenvalue weighted by atomic mass is 35.5. The van der Waals surface area contributed by atoms with Gasteiger partial charge in [-0.1, -0.05) is 55.3 Å². The van der Waals surface area contributed by atoms with Crippen molar-refractivity contribution < 1.29 is 14.3 Å². The fourth-order valence-electron chi connectivity index (χ4n) is 4.24. The highest BCUT2D eigenvalue weighted by molar-refractivity contribution is 6.35. The van der Waals surface area contributed by atoms with Crippen molar-refractivity contribution in [2.24, 2.45) is 5.92 Å². The molecule has 1 aromatic rings. The predicted octanol–water partition coefficient (Wildman–Crippen LogP) is 4.84. The molecular formula is C22H30Cl2N2O3. The number of carbonyl (C=O) groups excluding carboxylic acids is 2. The molecule has 5 nitrogen and oxygen atoms in total. The molecule has 3 rings (SSSR count). The summed E-state index contributed by atoms with van der Waals surface area (Å²) in [6.07, 6.45) is 9.80. The van der Waals surface area contributed by atoms with E-state index in [-0.39, 0.29) is 24.5 Å². The van der Waals surface area contributed by atoms with Crippen LogP contribution in [0.25, 0.3) is 0 Å². The molecule has 0 aromatic heterocycles. The van der Waals surface area contributed by atoms with Crippen molar-refractivity contribution in [2.75, 3.05) is 19.7 Å². The van der Waals surface area contributed by atoms with Gasteiger partial charge in [0.15, 0.2) is 6.61 Å². The molecule has 1 heterocycles. The lowest BCUT2D eigenvalue weighted by molar-refractivity contribution is -0.132. The van der Waals surface area contributed by atoms with Crippen molar-refractivity contribution in [2.45, 2.75) is 63.8 Å². The van der Waals surface area contributed by atoms with Gasteiger partial charge in [0.2, 0.25) is 5.91 Å². The zero-order valence-electron chi connectivity index (χ0n) is 16.8. The van der Waals surface area contributed by atoms with E-state index in [9.17, 15) is 9.59 Å². The second-order valence-electron chi connectivity index (χ2n) is 8.13. The SMILES string of the molecule is O=C(COc1ccc(Cl)cc1Cl)NC1CCN(C(=O)CCC2CCCCC2)CC1. The number of hydrogen-bond donors (Lipinski definition) is 1. The van der Waals surface area contributed by atoms with E-state index in [1.165, 1.54) is 32.1 Å². The van der Waals surface area contributed by atoms with Crippen LogP contribution in [0.5, 0.6) is 5.75 Å². The number of likely N-dealkylation sites (tertiary alicyclic amines) is 1. The number of nitrogens with zero attached hydrogens (tertiary/aromatic N) is 1. The molecule has 1 aliphatic carbocycles. The molecule has 1 saturated carbocycles. The zero-order valence-corrected chi connectivity index (χ0v) is 18.3. The number of rotatable bonds is 7. The first-order valence-corrected chi connectivity index (χ1v) is 11.4. The molecular weight excluding hydrogens is 411 g/mol. The number of hydrogen-bond acceptors (Lipinski definition) is 3. The van der Waals surface area contributed by atoms with Gasteiger partial charge >= 0.3 is 0 Å². The van der Waals surface area contributed by atoms with Crippen molar-refractivity contribution in [3.63, 3.8) is 0 Å². The largest absolute Gasteiger partial charge is 0.482 e. The number of nitrogens with one attached hydrogen (secondary N) is 1. The van der Waals surface area contributed by atoms with Crippen molar-refractivity contribution in [3.8, 4) is 5.75 Å². The smallest absolute Gasteiger partial charge is 0.258 e. The van der Waals surface area contributed by atoms with Gasteiger partial charge in [-0.2, -0.15) is 0 Å². The second kappa shape index (κ2) is 11.1. The molecule has 1 saturated heterocycles. The Balaban J connectivity index is 1.33. The lowest BCUT2D eigenvalue weighted by Crippen LogP contribution is -2.47. The number of amides is 2. The van der Waals surface area contributed by atoms with Gasteiger partial charge in [-0.15, -0.1) is 0 Å². The lowest BCUT2D eigenvalue weighted by atomic mass is 9.86. The molecule has 0 radical (unpaired) electrons. The molecule has 7 heteroatoms. The molecule has 1 aliphatic heterocycles. The standard InChI is InChI=1S/C22H30Cl2N2O3/c23-17-7-8-20(19(24)14-17)29-15-21(27)25-18-10-12-26(13-11-18)22(28)9-6-16-4-2-1-3-5-16/h7-8,14,16,18H,1-6,9-13,15H2,(H,25,27). The van der Waals surface area contributed by atoms with Gasteiger partial charge in [-0.25, -0.2) is 0 Å². The molecule has 160 valence electrons. The zero-order chi connectivity index (χ0) is 20.6. The first-order chi connectivity index (χ1) is 14.0. The summed E-state index contributed by atoms with van der Waals surface area (Å²) in [5.74, 6) is 1.25. The Hall–Kier alpha value is -1.46. The van der Waals surface area contributed by atoms with Gasteiger partial charge in [0.1, 0.15) is 5.75 Å². The first-order valence-electron chi connectivity index (χ1n) is 10.7. The highest BCUT2D eigenvalue weighted by Gasteiger charge is 2.24. The quantitative estimate of drug-likeness (QED) is 0.659. The van der Waals surface area contributed by atoms with Crippen LogP contribution in [-0.2, 0) is 9.59 Å². The number of ether oxygens (including phenoxy) is 1. The van der Waals surface area contributed by atoms with Crippen molar-refractivity contribution in [1.29, 1.82) is 0 Å². The third-order valence-electron chi connectivity index (χ3n) is 5.96. The third kappa shape index (κ3) is 7.07. The topological polar surface area (TPSA) is 58.6 Å². The Morgan fingerprint density at radius 1 is 1.07 bits per heavy atom. The Kier molecular flexibility index (Phi) is 8.49. The number of benzene rings is 1. The monoisotopic (exact) mass is 440 g/mol. The van der Waals surface area contributed by atoms with Crippen LogP contribution < -0.4 is 10.1 Å². The van der Waals surface area contributed by atoms with Crippen LogP contribution >= 0.6 is 23.2 Å². The van der Waals surface area contributed by atoms with E-state index in [1.54, 1.807) is 18.2 Å². The van der Waals surface area contributed by atoms with E-state index in [4.69, 9.17) is 27.9 Å². The van der Waals surface area contributed by atoms with Crippen LogP contribution in [-0.4, -0.2) is 42.5 Å². The molecule has 0 unspecified atom stereocenters. The summed E-state index contributed by atoms with van der Waals surface area (Å²) in [5.41, 5.74) is 0. The van der Waals surface area contributed by atoms with Crippen LogP contribution in [0.1, 0.15) is 57.8 Å². The van der Waals surface area contributed by atoms with E-state index in [2.05, 4.69) is 5.32 Å². The van der Waals surface area contributed by atoms with Gasteiger partial charge in [0, 0.05) is 30.6 Å². The number of piperidine rings is 1. The fraction of sp³-hybridized carbons (Fsp3) is 0.636. The molecule has 29 heavy (non-hydrogen) atoms. The molecule has 1 N–H and O–H groups in total. The molecule has 2 aliphatic rings. The van der Waals surface area contributed by atoms with Gasteiger partial charge in [-0.05, 0) is 43.4 Å². The summed E-state index contributed by atoms with van der Waals surface area (Å²) in [7, 11) is 0. The Morgan fingerprint density at radius 3 is 2.48 bits per heavy atom. The Labute approximate surface area is 183 Å². The maximum atomic E-state index is 12.5. The Morgan fingerprint density at radius 2 is 1.79 bits per heavy atom. The van der Waals surface area contributed by atoms with E-state index < -0.39 is 0 Å². The average Bonchev–Trinajstić information content (AvgIpc) is 2.72. The molecule has 2 fully saturated rings. The van der Waals surface area contributed by atoms with Crippen LogP contribution in [0.4, 0.5) is 0 Å². The maximum Gasteiger partial charge on any atom is 0.258 e. The minimum absolute atomic E-state index is 0.0779. The third-order valence-corrected chi connectivity index (χ3v) is 6.49. The molecule has 0 spiro atoms. The minimum Gasteiger partial charge on any atom is -0.482 e. The summed E-state index contributed by atoms with van der Waals surface area (Å²) < 4.78 is 5.48. The van der Waals surface area contributed by atoms with Crippen molar-refractivity contribution in [1.82, 2.24) is 10.2 Å². The van der Waals surface area contributed by atoms with Gasteiger partial charge < -0.3 is 15.0 Å². The van der Waals surface area contributed by atoms with Gasteiger partial charge in [0.25, 0.3) is 5.91 Å². The summed E-state index contributed by atoms with van der Waals surface area (Å²) in [6, 6.07) is 4.98. The van der Waals surface area contributed by atoms with E-state index in [0.717, 1.165) is 25.2 Å². The summed E-state index contributed by atoms with van der Waals surface area (Å²) in [5, 5.41) is 3.89. The van der Waals surface area contributed by atoms with E-state index >= 15 is 0 Å². The number of carbonyl (C=O) groups is 2. The summed E-state index contributed by atoms with van der Waals surface area (Å²) in [6.45, 7) is 1.32. The summed E-state index contributed by atoms with van der Waals surface area (Å²) in [4.78, 5) is 26.6. The highest BCUT2D eigenvalue weighted by Crippen LogP contribution is 2.28. The maximum absolute atomic E-state index is 12.5. The fourth-order valence-corrected chi connectivity index (χ4v) is 4.70. The minimum atomic E-state index is -0.182. The van der Waals surface area contributed by atoms with Crippen molar-refractivity contribution >= 4 is 35.0 Å². The first kappa shape index (κ1) is 22.2. The summed E-state index contributed by atoms with van der Waals surface area (Å²) >= 11 is 11.9. The number of halogens is 2. The van der Waals surface area contributed by atoms with Crippen LogP contribution in [0, 0.1) is 5.92 Å². The van der Waals surface area contributed by atoms with Crippen LogP contribution in [0.15, 0.2) is 18.2 Å². The van der Waals surface area contributed by atoms with E-state index in [0.29, 0.717) is 35.3 Å². The molecule has 1 aromatic carbocycles. The van der Waals surface area contributed by atoms with Crippen LogP contribution in [0.2, 0.25) is 10.0 Å². The normalized spacial score (nSPS) is 18.5. The molecule has 2 amide bonds. The lowest BCUT2D eigenvalue weighted by Gasteiger charge is -2.33. The van der Waals surface area contributed by atoms with Gasteiger partial charge in [-0.3, -0.25) is 9.59 Å².